The van der Waals surface area contributed by atoms with Gasteiger partial charge in [0, 0.05) is 31.2 Å². The van der Waals surface area contributed by atoms with Crippen molar-refractivity contribution in [3.63, 3.8) is 0 Å². The Kier molecular flexibility index (Phi) is 6.50. The van der Waals surface area contributed by atoms with Crippen molar-refractivity contribution >= 4 is 22.9 Å². The lowest BCUT2D eigenvalue weighted by Crippen LogP contribution is -2.31. The van der Waals surface area contributed by atoms with E-state index < -0.39 is 11.2 Å². The lowest BCUT2D eigenvalue weighted by atomic mass is 10.3. The lowest BCUT2D eigenvalue weighted by Gasteiger charge is -2.09. The first kappa shape index (κ1) is 21.9. The van der Waals surface area contributed by atoms with E-state index in [9.17, 15) is 9.59 Å². The van der Waals surface area contributed by atoms with Crippen LogP contribution in [0.2, 0.25) is 0 Å². The number of aromatic amines is 1. The number of nitrogens with zero attached hydrogens (tertiary/aromatic N) is 5. The molecular weight excluding hydrogens is 428 g/mol. The first-order chi connectivity index (χ1) is 15.6. The number of rotatable bonds is 9. The Bertz CT molecular complexity index is 1330. The van der Waals surface area contributed by atoms with Gasteiger partial charge in [-0.1, -0.05) is 25.1 Å². The number of H-pyrrole nitrogens is 1. The van der Waals surface area contributed by atoms with Crippen LogP contribution in [0, 0.1) is 0 Å². The van der Waals surface area contributed by atoms with Crippen molar-refractivity contribution in [2.45, 2.75) is 50.7 Å². The van der Waals surface area contributed by atoms with Crippen LogP contribution in [0.25, 0.3) is 16.9 Å². The van der Waals surface area contributed by atoms with Gasteiger partial charge >= 0.3 is 5.69 Å². The molecule has 0 saturated carbocycles. The Morgan fingerprint density at radius 1 is 1.12 bits per heavy atom. The van der Waals surface area contributed by atoms with E-state index in [1.54, 1.807) is 17.9 Å². The number of aryl methyl sites for hydroxylation is 2. The molecule has 1 N–H and O–H groups in total. The van der Waals surface area contributed by atoms with Crippen LogP contribution >= 0.6 is 11.8 Å². The van der Waals surface area contributed by atoms with Gasteiger partial charge in [0.25, 0.3) is 5.56 Å². The molecule has 4 aromatic rings. The molecule has 32 heavy (non-hydrogen) atoms. The maximum atomic E-state index is 12.6. The predicted octanol–water partition coefficient (Wildman–Crippen LogP) is 3.19. The van der Waals surface area contributed by atoms with Crippen LogP contribution in [0.3, 0.4) is 0 Å². The van der Waals surface area contributed by atoms with Crippen LogP contribution in [-0.2, 0) is 18.8 Å². The summed E-state index contributed by atoms with van der Waals surface area (Å²) < 4.78 is 10.7. The van der Waals surface area contributed by atoms with Gasteiger partial charge in [0.05, 0.1) is 12.9 Å². The van der Waals surface area contributed by atoms with Gasteiger partial charge in [0.1, 0.15) is 11.6 Å². The Morgan fingerprint density at radius 3 is 2.59 bits per heavy atom. The highest BCUT2D eigenvalue weighted by Crippen LogP contribution is 2.26. The zero-order valence-corrected chi connectivity index (χ0v) is 19.2. The minimum atomic E-state index is -0.411. The van der Waals surface area contributed by atoms with E-state index in [1.807, 2.05) is 46.5 Å². The molecule has 0 spiro atoms. The van der Waals surface area contributed by atoms with E-state index >= 15 is 0 Å². The fourth-order valence-corrected chi connectivity index (χ4v) is 4.58. The second-order valence-corrected chi connectivity index (χ2v) is 8.22. The first-order valence-corrected chi connectivity index (χ1v) is 11.6. The van der Waals surface area contributed by atoms with Crippen molar-refractivity contribution in [3.8, 4) is 11.4 Å². The predicted molar refractivity (Wildman–Crippen MR) is 125 cm³/mol. The van der Waals surface area contributed by atoms with Crippen LogP contribution < -0.4 is 16.0 Å². The number of hydrogen-bond acceptors (Lipinski definition) is 6. The van der Waals surface area contributed by atoms with Crippen molar-refractivity contribution in [1.82, 2.24) is 28.7 Å². The number of benzene rings is 1. The summed E-state index contributed by atoms with van der Waals surface area (Å²) in [6.45, 7) is 5.13. The van der Waals surface area contributed by atoms with E-state index in [-0.39, 0.29) is 0 Å². The Balaban J connectivity index is 1.67. The molecule has 0 aliphatic rings. The van der Waals surface area contributed by atoms with Crippen LogP contribution in [0.15, 0.2) is 51.4 Å². The average molecular weight is 455 g/mol. The maximum absolute atomic E-state index is 12.6. The third kappa shape index (κ3) is 4.10. The minimum absolute atomic E-state index is 0.400. The second kappa shape index (κ2) is 9.47. The molecule has 0 unspecified atom stereocenters. The number of aromatic nitrogens is 6. The molecule has 0 saturated heterocycles. The molecule has 0 fully saturated rings. The number of fused-ring (bicyclic) bond motifs is 1. The number of ether oxygens (including phenoxy) is 1. The van der Waals surface area contributed by atoms with Crippen LogP contribution in [0.4, 0.5) is 0 Å². The molecule has 10 heteroatoms. The summed E-state index contributed by atoms with van der Waals surface area (Å²) in [6, 6.07) is 7.75. The van der Waals surface area contributed by atoms with Gasteiger partial charge in [-0.3, -0.25) is 18.9 Å². The summed E-state index contributed by atoms with van der Waals surface area (Å²) in [5.74, 6) is 2.04. The number of hydrogen-bond donors (Lipinski definition) is 1. The summed E-state index contributed by atoms with van der Waals surface area (Å²) in [6.07, 6.45) is 5.43. The van der Waals surface area contributed by atoms with Crippen molar-refractivity contribution in [3.05, 3.63) is 63.3 Å². The van der Waals surface area contributed by atoms with Crippen molar-refractivity contribution < 1.29 is 4.74 Å². The number of unbranched alkanes of at least 4 members (excludes halogenated alkanes) is 1. The maximum Gasteiger partial charge on any atom is 0.330 e. The average Bonchev–Trinajstić information content (AvgIpc) is 3.42. The molecule has 168 valence electrons. The molecule has 0 aliphatic heterocycles. The monoisotopic (exact) mass is 454 g/mol. The minimum Gasteiger partial charge on any atom is -0.497 e. The number of methoxy groups -OCH3 is 1. The van der Waals surface area contributed by atoms with Gasteiger partial charge in [-0.25, -0.2) is 14.8 Å². The Hall–Kier alpha value is -3.27. The molecule has 0 atom stereocenters. The van der Waals surface area contributed by atoms with Crippen molar-refractivity contribution in [1.29, 1.82) is 0 Å². The summed E-state index contributed by atoms with van der Waals surface area (Å²) in [5, 5.41) is 0.808. The summed E-state index contributed by atoms with van der Waals surface area (Å²) in [7, 11) is 1.64. The molecule has 3 aromatic heterocycles. The number of imidazole rings is 2. The molecule has 0 radical (unpaired) electrons. The van der Waals surface area contributed by atoms with E-state index in [2.05, 4.69) is 16.9 Å². The quantitative estimate of drug-likeness (QED) is 0.390. The first-order valence-electron chi connectivity index (χ1n) is 10.6. The van der Waals surface area contributed by atoms with E-state index in [1.165, 1.54) is 11.8 Å². The molecule has 3 heterocycles. The van der Waals surface area contributed by atoms with Crippen molar-refractivity contribution in [2.24, 2.45) is 0 Å². The highest BCUT2D eigenvalue weighted by atomic mass is 32.2. The summed E-state index contributed by atoms with van der Waals surface area (Å²) >= 11 is 1.53. The zero-order chi connectivity index (χ0) is 22.7. The molecule has 0 amide bonds. The number of nitrogens with one attached hydrogen (secondary N) is 1. The van der Waals surface area contributed by atoms with Gasteiger partial charge in [-0.2, -0.15) is 0 Å². The number of thioether (sulfide) groups is 1. The summed E-state index contributed by atoms with van der Waals surface area (Å²) in [4.78, 5) is 36.6. The van der Waals surface area contributed by atoms with Crippen molar-refractivity contribution in [2.75, 3.05) is 7.11 Å². The standard InChI is InChI=1S/C22H26N6O3S/c1-4-6-12-28-19-18(20(29)25-21(28)30)26(5-2)17(24-19)14-32-22-23-11-13-27(22)15-7-9-16(31-3)10-8-15/h7-11,13H,4-6,12,14H2,1-3H3,(H,25,29,30). The Morgan fingerprint density at radius 2 is 1.91 bits per heavy atom. The lowest BCUT2D eigenvalue weighted by molar-refractivity contribution is 0.414. The van der Waals surface area contributed by atoms with Gasteiger partial charge in [0.2, 0.25) is 0 Å². The van der Waals surface area contributed by atoms with E-state index in [0.717, 1.165) is 35.3 Å². The molecule has 1 aromatic carbocycles. The highest BCUT2D eigenvalue weighted by Gasteiger charge is 2.18. The SMILES string of the molecule is CCCCn1c(=O)[nH]c(=O)c2c1nc(CSc1nccn1-c1ccc(OC)cc1)n2CC. The van der Waals surface area contributed by atoms with E-state index in [4.69, 9.17) is 9.72 Å². The van der Waals surface area contributed by atoms with Crippen LogP contribution in [-0.4, -0.2) is 35.8 Å². The molecule has 9 nitrogen and oxygen atoms in total. The second-order valence-electron chi connectivity index (χ2n) is 7.28. The van der Waals surface area contributed by atoms with E-state index in [0.29, 0.717) is 30.0 Å². The molecular formula is C22H26N6O3S. The summed E-state index contributed by atoms with van der Waals surface area (Å²) in [5.41, 5.74) is 1.05. The molecule has 0 aliphatic carbocycles. The Labute approximate surface area is 189 Å². The smallest absolute Gasteiger partial charge is 0.330 e. The highest BCUT2D eigenvalue weighted by molar-refractivity contribution is 7.98. The molecule has 0 bridgehead atoms. The topological polar surface area (TPSA) is 99.7 Å². The zero-order valence-electron chi connectivity index (χ0n) is 18.4. The van der Waals surface area contributed by atoms with Gasteiger partial charge < -0.3 is 9.30 Å². The fraction of sp³-hybridized carbons (Fsp3) is 0.364. The van der Waals surface area contributed by atoms with Crippen LogP contribution in [0.5, 0.6) is 5.75 Å². The fourth-order valence-electron chi connectivity index (χ4n) is 3.66. The largest absolute Gasteiger partial charge is 0.497 e. The van der Waals surface area contributed by atoms with Gasteiger partial charge in [-0.15, -0.1) is 0 Å². The third-order valence-electron chi connectivity index (χ3n) is 5.30. The van der Waals surface area contributed by atoms with Crippen LogP contribution in [0.1, 0.15) is 32.5 Å². The van der Waals surface area contributed by atoms with Gasteiger partial charge in [-0.05, 0) is 37.6 Å². The molecule has 4 rings (SSSR count). The normalized spacial score (nSPS) is 11.3. The van der Waals surface area contributed by atoms with Gasteiger partial charge in [0.15, 0.2) is 16.3 Å². The third-order valence-corrected chi connectivity index (χ3v) is 6.27.